The number of aromatic amines is 2. The third kappa shape index (κ3) is 1.50. The lowest BCUT2D eigenvalue weighted by Crippen LogP contribution is -2.36. The van der Waals surface area contributed by atoms with Crippen molar-refractivity contribution in [3.8, 4) is 6.07 Å². The predicted molar refractivity (Wildman–Crippen MR) is 62.1 cm³/mol. The van der Waals surface area contributed by atoms with Gasteiger partial charge in [-0.1, -0.05) is 12.8 Å². The third-order valence-corrected chi connectivity index (χ3v) is 2.67. The molecule has 0 spiro atoms. The number of imidazole rings is 1. The Morgan fingerprint density at radius 2 is 2.00 bits per heavy atom. The smallest absolute Gasteiger partial charge is 0.300 e. The van der Waals surface area contributed by atoms with Gasteiger partial charge in [-0.3, -0.25) is 19.3 Å². The number of thiol groups is 1. The first kappa shape index (κ1) is 11.3. The predicted octanol–water partition coefficient (Wildman–Crippen LogP) is -1.04. The van der Waals surface area contributed by atoms with Gasteiger partial charge in [0.15, 0.2) is 5.52 Å². The second-order valence-corrected chi connectivity index (χ2v) is 3.78. The zero-order valence-corrected chi connectivity index (χ0v) is 9.49. The summed E-state index contributed by atoms with van der Waals surface area (Å²) in [4.78, 5) is 39.1. The fourth-order valence-electron chi connectivity index (χ4n) is 1.52. The van der Waals surface area contributed by atoms with Gasteiger partial charge in [0.25, 0.3) is 5.56 Å². The molecule has 2 aromatic rings. The molecule has 2 heterocycles. The zero-order valence-electron chi connectivity index (χ0n) is 8.59. The van der Waals surface area contributed by atoms with Gasteiger partial charge in [-0.2, -0.15) is 5.26 Å². The van der Waals surface area contributed by atoms with E-state index in [1.54, 1.807) is 0 Å². The van der Waals surface area contributed by atoms with Gasteiger partial charge in [0.1, 0.15) is 11.7 Å². The molecule has 0 aliphatic rings. The van der Waals surface area contributed by atoms with Crippen molar-refractivity contribution in [2.24, 2.45) is 0 Å². The van der Waals surface area contributed by atoms with E-state index in [1.807, 2.05) is 6.07 Å². The highest BCUT2D eigenvalue weighted by Crippen LogP contribution is 2.06. The molecule has 0 bridgehead atoms. The van der Waals surface area contributed by atoms with Crippen LogP contribution in [0.4, 0.5) is 0 Å². The summed E-state index contributed by atoms with van der Waals surface area (Å²) in [5, 5.41) is 8.81. The van der Waals surface area contributed by atoms with Crippen LogP contribution in [0, 0.1) is 11.3 Å². The van der Waals surface area contributed by atoms with E-state index in [0.29, 0.717) is 3.97 Å². The van der Waals surface area contributed by atoms with Crippen molar-refractivity contribution < 1.29 is 0 Å². The number of hydrogen-bond acceptors (Lipinski definition) is 5. The van der Waals surface area contributed by atoms with Crippen LogP contribution in [-0.2, 0) is 0 Å². The Hall–Kier alpha value is -2.21. The van der Waals surface area contributed by atoms with E-state index in [4.69, 9.17) is 5.26 Å². The average Bonchev–Trinajstić information content (AvgIpc) is 2.68. The summed E-state index contributed by atoms with van der Waals surface area (Å²) < 4.78 is 1.53. The first-order valence-electron chi connectivity index (χ1n) is 4.55. The van der Waals surface area contributed by atoms with E-state index < -0.39 is 23.0 Å². The number of hydrogen-bond donors (Lipinski definition) is 3. The van der Waals surface area contributed by atoms with Gasteiger partial charge in [0.05, 0.1) is 6.07 Å². The van der Waals surface area contributed by atoms with Crippen LogP contribution in [0.3, 0.4) is 0 Å². The molecule has 2 N–H and O–H groups in total. The number of nitrogens with one attached hydrogen (secondary N) is 2. The SMILES string of the molecule is CC(C#N)n1c(=O)n(S)c(=O)c2[nH]c(=O)[nH]c21. The number of H-pyrrole nitrogens is 2. The molecule has 0 saturated carbocycles. The second-order valence-electron chi connectivity index (χ2n) is 3.38. The van der Waals surface area contributed by atoms with Crippen molar-refractivity contribution in [1.82, 2.24) is 18.5 Å². The Balaban J connectivity index is 3.12. The lowest BCUT2D eigenvalue weighted by atomic mass is 10.3. The van der Waals surface area contributed by atoms with Gasteiger partial charge in [0.2, 0.25) is 0 Å². The maximum atomic E-state index is 11.8. The molecule has 1 atom stereocenters. The fourth-order valence-corrected chi connectivity index (χ4v) is 1.71. The van der Waals surface area contributed by atoms with E-state index >= 15 is 0 Å². The van der Waals surface area contributed by atoms with Crippen LogP contribution in [0.15, 0.2) is 14.4 Å². The molecule has 0 aliphatic carbocycles. The minimum absolute atomic E-state index is 0.00986. The lowest BCUT2D eigenvalue weighted by molar-refractivity contribution is 0.638. The van der Waals surface area contributed by atoms with Crippen LogP contribution >= 0.6 is 12.8 Å². The molecule has 2 rings (SSSR count). The minimum atomic E-state index is -0.838. The molecule has 0 radical (unpaired) electrons. The molecule has 2 aromatic heterocycles. The molecule has 0 fully saturated rings. The summed E-state index contributed by atoms with van der Waals surface area (Å²) in [5.41, 5.74) is -2.26. The second kappa shape index (κ2) is 3.67. The largest absolute Gasteiger partial charge is 0.343 e. The van der Waals surface area contributed by atoms with Crippen molar-refractivity contribution in [3.63, 3.8) is 0 Å². The molecule has 17 heavy (non-hydrogen) atoms. The third-order valence-electron chi connectivity index (χ3n) is 2.32. The summed E-state index contributed by atoms with van der Waals surface area (Å²) >= 11 is 3.73. The quantitative estimate of drug-likeness (QED) is 0.562. The molecule has 8 nitrogen and oxygen atoms in total. The molecular formula is C8H7N5O3S. The van der Waals surface area contributed by atoms with Gasteiger partial charge in [-0.05, 0) is 6.92 Å². The van der Waals surface area contributed by atoms with E-state index in [-0.39, 0.29) is 11.2 Å². The summed E-state index contributed by atoms with van der Waals surface area (Å²) in [6.07, 6.45) is 0. The number of nitrogens with zero attached hydrogens (tertiary/aromatic N) is 3. The summed E-state index contributed by atoms with van der Waals surface area (Å²) in [6.45, 7) is 1.46. The van der Waals surface area contributed by atoms with E-state index in [2.05, 4.69) is 22.8 Å². The van der Waals surface area contributed by atoms with Gasteiger partial charge in [-0.25, -0.2) is 13.6 Å². The van der Waals surface area contributed by atoms with Crippen molar-refractivity contribution in [2.45, 2.75) is 13.0 Å². The molecule has 9 heteroatoms. The zero-order chi connectivity index (χ0) is 12.7. The van der Waals surface area contributed by atoms with Crippen molar-refractivity contribution >= 4 is 24.0 Å². The molecule has 1 unspecified atom stereocenters. The van der Waals surface area contributed by atoms with Gasteiger partial charge < -0.3 is 0 Å². The Labute approximate surface area is 98.7 Å². The van der Waals surface area contributed by atoms with E-state index in [9.17, 15) is 14.4 Å². The molecule has 0 amide bonds. The van der Waals surface area contributed by atoms with E-state index in [1.165, 1.54) is 6.92 Å². The first-order valence-corrected chi connectivity index (χ1v) is 4.95. The van der Waals surface area contributed by atoms with E-state index in [0.717, 1.165) is 4.57 Å². The number of fused-ring (bicyclic) bond motifs is 1. The highest BCUT2D eigenvalue weighted by atomic mass is 32.1. The maximum Gasteiger partial charge on any atom is 0.343 e. The molecule has 0 aromatic carbocycles. The Morgan fingerprint density at radius 3 is 2.59 bits per heavy atom. The normalized spacial score (nSPS) is 12.5. The average molecular weight is 253 g/mol. The topological polar surface area (TPSA) is 116 Å². The van der Waals surface area contributed by atoms with Gasteiger partial charge in [-0.15, -0.1) is 0 Å². The Kier molecular flexibility index (Phi) is 2.44. The Morgan fingerprint density at radius 1 is 1.35 bits per heavy atom. The van der Waals surface area contributed by atoms with Gasteiger partial charge in [0, 0.05) is 0 Å². The Bertz CT molecular complexity index is 802. The molecular weight excluding hydrogens is 246 g/mol. The number of aromatic nitrogens is 4. The highest BCUT2D eigenvalue weighted by Gasteiger charge is 2.17. The monoisotopic (exact) mass is 253 g/mol. The number of nitriles is 1. The summed E-state index contributed by atoms with van der Waals surface area (Å²) in [6, 6.07) is 1.01. The van der Waals surface area contributed by atoms with Crippen LogP contribution in [0.25, 0.3) is 11.2 Å². The minimum Gasteiger partial charge on any atom is -0.300 e. The van der Waals surface area contributed by atoms with Crippen molar-refractivity contribution in [1.29, 1.82) is 5.26 Å². The number of rotatable bonds is 1. The van der Waals surface area contributed by atoms with Crippen LogP contribution in [0.1, 0.15) is 13.0 Å². The standard InChI is InChI=1S/C8H7N5O3S/c1-3(2-9)12-5-4(10-7(15)11-5)6(14)13(17)8(12)16/h3,17H,1H3,(H2,10,11,15). The lowest BCUT2D eigenvalue weighted by Gasteiger charge is -2.09. The summed E-state index contributed by atoms with van der Waals surface area (Å²) in [5.74, 6) is 0. The van der Waals surface area contributed by atoms with Crippen molar-refractivity contribution in [2.75, 3.05) is 0 Å². The first-order chi connectivity index (χ1) is 7.97. The molecule has 88 valence electrons. The molecule has 0 saturated heterocycles. The fraction of sp³-hybridized carbons (Fsp3) is 0.250. The molecule has 0 aliphatic heterocycles. The van der Waals surface area contributed by atoms with Gasteiger partial charge >= 0.3 is 11.4 Å². The van der Waals surface area contributed by atoms with Crippen molar-refractivity contribution in [3.05, 3.63) is 31.3 Å². The maximum absolute atomic E-state index is 11.8. The van der Waals surface area contributed by atoms with Crippen LogP contribution in [-0.4, -0.2) is 18.5 Å². The van der Waals surface area contributed by atoms with Crippen LogP contribution in [0.5, 0.6) is 0 Å². The van der Waals surface area contributed by atoms with Crippen LogP contribution in [0.2, 0.25) is 0 Å². The summed E-state index contributed by atoms with van der Waals surface area (Å²) in [7, 11) is 0. The highest BCUT2D eigenvalue weighted by molar-refractivity contribution is 7.78. The van der Waals surface area contributed by atoms with Crippen LogP contribution < -0.4 is 16.9 Å².